The summed E-state index contributed by atoms with van der Waals surface area (Å²) < 4.78 is 0. The maximum absolute atomic E-state index is 11.6. The standard InChI is InChI=1S/C17H14Cl2O4/c1-8(20)14-6-12(18)4-10(16(14)22)3-11-5-13(19)7-15(9(2)21)17(11)23/h4-7,22-23H,3H2,1-2H3. The van der Waals surface area contributed by atoms with Crippen LogP contribution in [0.3, 0.4) is 0 Å². The van der Waals surface area contributed by atoms with Crippen molar-refractivity contribution in [2.75, 3.05) is 0 Å². The Kier molecular flexibility index (Phi) is 4.97. The molecule has 23 heavy (non-hydrogen) atoms. The smallest absolute Gasteiger partial charge is 0.163 e. The maximum atomic E-state index is 11.6. The third-order valence-electron chi connectivity index (χ3n) is 3.45. The first-order valence-corrected chi connectivity index (χ1v) is 7.51. The molecule has 4 nitrogen and oxygen atoms in total. The van der Waals surface area contributed by atoms with Crippen molar-refractivity contribution in [2.24, 2.45) is 0 Å². The molecular formula is C17H14Cl2O4. The predicted molar refractivity (Wildman–Crippen MR) is 89.0 cm³/mol. The van der Waals surface area contributed by atoms with Crippen LogP contribution in [0.4, 0.5) is 0 Å². The second-order valence-electron chi connectivity index (χ2n) is 5.21. The van der Waals surface area contributed by atoms with E-state index in [4.69, 9.17) is 23.2 Å². The fourth-order valence-corrected chi connectivity index (χ4v) is 2.80. The molecule has 0 atom stereocenters. The number of ketones is 2. The van der Waals surface area contributed by atoms with Crippen molar-refractivity contribution in [1.29, 1.82) is 0 Å². The van der Waals surface area contributed by atoms with Crippen molar-refractivity contribution in [3.63, 3.8) is 0 Å². The van der Waals surface area contributed by atoms with Gasteiger partial charge in [0.2, 0.25) is 0 Å². The molecule has 0 amide bonds. The number of rotatable bonds is 4. The van der Waals surface area contributed by atoms with Gasteiger partial charge in [0.25, 0.3) is 0 Å². The Morgan fingerprint density at radius 3 is 1.48 bits per heavy atom. The van der Waals surface area contributed by atoms with Crippen LogP contribution in [0.15, 0.2) is 24.3 Å². The Labute approximate surface area is 143 Å². The second-order valence-corrected chi connectivity index (χ2v) is 6.08. The van der Waals surface area contributed by atoms with Gasteiger partial charge in [0, 0.05) is 27.6 Å². The van der Waals surface area contributed by atoms with Crippen LogP contribution >= 0.6 is 23.2 Å². The van der Waals surface area contributed by atoms with E-state index in [-0.39, 0.29) is 50.7 Å². The summed E-state index contributed by atoms with van der Waals surface area (Å²) in [6.07, 6.45) is 0.0688. The highest BCUT2D eigenvalue weighted by atomic mass is 35.5. The predicted octanol–water partition coefficient (Wildman–Crippen LogP) is 4.40. The van der Waals surface area contributed by atoms with Crippen LogP contribution in [0, 0.1) is 0 Å². The van der Waals surface area contributed by atoms with Gasteiger partial charge in [-0.1, -0.05) is 23.2 Å². The molecule has 0 saturated heterocycles. The minimum Gasteiger partial charge on any atom is -0.507 e. The lowest BCUT2D eigenvalue weighted by Crippen LogP contribution is -2.00. The number of hydrogen-bond acceptors (Lipinski definition) is 4. The summed E-state index contributed by atoms with van der Waals surface area (Å²) in [6, 6.07) is 5.75. The second kappa shape index (κ2) is 6.60. The van der Waals surface area contributed by atoms with E-state index in [9.17, 15) is 19.8 Å². The van der Waals surface area contributed by atoms with Gasteiger partial charge in [0.05, 0.1) is 11.1 Å². The molecule has 0 saturated carbocycles. The van der Waals surface area contributed by atoms with E-state index in [1.165, 1.54) is 38.1 Å². The molecule has 0 unspecified atom stereocenters. The summed E-state index contributed by atoms with van der Waals surface area (Å²) in [4.78, 5) is 23.1. The topological polar surface area (TPSA) is 74.6 Å². The average Bonchev–Trinajstić information content (AvgIpc) is 2.45. The Hall–Kier alpha value is -2.04. The van der Waals surface area contributed by atoms with Gasteiger partial charge >= 0.3 is 0 Å². The summed E-state index contributed by atoms with van der Waals surface area (Å²) in [7, 11) is 0. The van der Waals surface area contributed by atoms with Crippen molar-refractivity contribution in [1.82, 2.24) is 0 Å². The molecule has 120 valence electrons. The lowest BCUT2D eigenvalue weighted by molar-refractivity contribution is 0.100. The fraction of sp³-hybridized carbons (Fsp3) is 0.176. The van der Waals surface area contributed by atoms with Crippen LogP contribution < -0.4 is 0 Å². The first kappa shape index (κ1) is 17.3. The molecule has 2 N–H and O–H groups in total. The van der Waals surface area contributed by atoms with Crippen LogP contribution in [0.1, 0.15) is 45.7 Å². The number of Topliss-reactive ketones (excluding diaryl/α,β-unsaturated/α-hetero) is 2. The molecule has 0 fully saturated rings. The van der Waals surface area contributed by atoms with Gasteiger partial charge in [-0.3, -0.25) is 9.59 Å². The van der Waals surface area contributed by atoms with Crippen molar-refractivity contribution in [2.45, 2.75) is 20.3 Å². The molecular weight excluding hydrogens is 339 g/mol. The van der Waals surface area contributed by atoms with Gasteiger partial charge in [0.1, 0.15) is 11.5 Å². The van der Waals surface area contributed by atoms with Gasteiger partial charge in [-0.2, -0.15) is 0 Å². The summed E-state index contributed by atoms with van der Waals surface area (Å²) in [5.41, 5.74) is 0.908. The lowest BCUT2D eigenvalue weighted by Gasteiger charge is -2.12. The number of carbonyl (C=O) groups is 2. The largest absolute Gasteiger partial charge is 0.507 e. The monoisotopic (exact) mass is 352 g/mol. The number of phenolic OH excluding ortho intramolecular Hbond substituents is 2. The van der Waals surface area contributed by atoms with Crippen LogP contribution in [-0.4, -0.2) is 21.8 Å². The molecule has 0 spiro atoms. The zero-order valence-corrected chi connectivity index (χ0v) is 14.0. The molecule has 0 bridgehead atoms. The number of hydrogen-bond donors (Lipinski definition) is 2. The third kappa shape index (κ3) is 3.66. The van der Waals surface area contributed by atoms with Gasteiger partial charge in [-0.05, 0) is 38.1 Å². The fourth-order valence-electron chi connectivity index (χ4n) is 2.32. The molecule has 0 aromatic heterocycles. The van der Waals surface area contributed by atoms with Crippen molar-refractivity contribution in [3.05, 3.63) is 56.6 Å². The molecule has 2 aromatic carbocycles. The zero-order chi connectivity index (χ0) is 17.3. The molecule has 0 aliphatic rings. The maximum Gasteiger partial charge on any atom is 0.163 e. The SMILES string of the molecule is CC(=O)c1cc(Cl)cc(Cc2cc(Cl)cc(C(C)=O)c2O)c1O. The first-order valence-electron chi connectivity index (χ1n) is 6.75. The van der Waals surface area contributed by atoms with Crippen molar-refractivity contribution >= 4 is 34.8 Å². The van der Waals surface area contributed by atoms with Gasteiger partial charge in [0.15, 0.2) is 11.6 Å². The highest BCUT2D eigenvalue weighted by Crippen LogP contribution is 2.34. The molecule has 0 radical (unpaired) electrons. The third-order valence-corrected chi connectivity index (χ3v) is 3.88. The Bertz CT molecular complexity index is 745. The van der Waals surface area contributed by atoms with Crippen LogP contribution in [0.25, 0.3) is 0 Å². The Morgan fingerprint density at radius 2 is 1.17 bits per heavy atom. The molecule has 2 rings (SSSR count). The molecule has 0 heterocycles. The quantitative estimate of drug-likeness (QED) is 0.799. The van der Waals surface area contributed by atoms with E-state index in [0.29, 0.717) is 11.1 Å². The number of aromatic hydroxyl groups is 2. The van der Waals surface area contributed by atoms with E-state index < -0.39 is 0 Å². The van der Waals surface area contributed by atoms with E-state index in [1.807, 2.05) is 0 Å². The lowest BCUT2D eigenvalue weighted by atomic mass is 9.97. The van der Waals surface area contributed by atoms with Gasteiger partial charge in [-0.25, -0.2) is 0 Å². The number of benzene rings is 2. The normalized spacial score (nSPS) is 10.6. The van der Waals surface area contributed by atoms with Crippen LogP contribution in [0.2, 0.25) is 10.0 Å². The van der Waals surface area contributed by atoms with Crippen molar-refractivity contribution < 1.29 is 19.8 Å². The highest BCUT2D eigenvalue weighted by Gasteiger charge is 2.17. The minimum atomic E-state index is -0.328. The van der Waals surface area contributed by atoms with E-state index >= 15 is 0 Å². The Balaban J connectivity index is 2.56. The van der Waals surface area contributed by atoms with Crippen molar-refractivity contribution in [3.8, 4) is 11.5 Å². The summed E-state index contributed by atoms with van der Waals surface area (Å²) in [5.74, 6) is -1.06. The minimum absolute atomic E-state index is 0.0688. The Morgan fingerprint density at radius 1 is 0.826 bits per heavy atom. The number of phenols is 2. The summed E-state index contributed by atoms with van der Waals surface area (Å²) >= 11 is 12.0. The zero-order valence-electron chi connectivity index (χ0n) is 12.5. The summed E-state index contributed by atoms with van der Waals surface area (Å²) in [5, 5.41) is 21.0. The van der Waals surface area contributed by atoms with E-state index in [0.717, 1.165) is 0 Å². The number of halogens is 2. The van der Waals surface area contributed by atoms with Gasteiger partial charge in [-0.15, -0.1) is 0 Å². The first-order chi connectivity index (χ1) is 10.7. The molecule has 6 heteroatoms. The van der Waals surface area contributed by atoms with E-state index in [2.05, 4.69) is 0 Å². The van der Waals surface area contributed by atoms with E-state index in [1.54, 1.807) is 0 Å². The molecule has 0 aliphatic carbocycles. The van der Waals surface area contributed by atoms with Crippen LogP contribution in [0.5, 0.6) is 11.5 Å². The molecule has 0 aliphatic heterocycles. The highest BCUT2D eigenvalue weighted by molar-refractivity contribution is 6.31. The summed E-state index contributed by atoms with van der Waals surface area (Å²) in [6.45, 7) is 2.64. The average molecular weight is 353 g/mol. The van der Waals surface area contributed by atoms with Crippen LogP contribution in [-0.2, 0) is 6.42 Å². The van der Waals surface area contributed by atoms with Gasteiger partial charge < -0.3 is 10.2 Å². The number of carbonyl (C=O) groups excluding carboxylic acids is 2. The molecule has 2 aromatic rings.